The van der Waals surface area contributed by atoms with Crippen LogP contribution in [0.25, 0.3) is 123 Å². The van der Waals surface area contributed by atoms with Gasteiger partial charge in [0.15, 0.2) is 17.5 Å². The maximum Gasteiger partial charge on any atom is 0.164 e. The number of nitrogens with zero attached hydrogens (tertiary/aromatic N) is 4. The molecule has 2 aromatic heterocycles. The Labute approximate surface area is 426 Å². The van der Waals surface area contributed by atoms with Crippen molar-refractivity contribution < 1.29 is 0 Å². The van der Waals surface area contributed by atoms with Gasteiger partial charge in [0.25, 0.3) is 0 Å². The molecule has 0 saturated heterocycles. The highest BCUT2D eigenvalue weighted by Crippen LogP contribution is 2.46. The minimum Gasteiger partial charge on any atom is -0.308 e. The maximum atomic E-state index is 5.32. The second-order valence-electron chi connectivity index (χ2n) is 18.1. The van der Waals surface area contributed by atoms with E-state index in [1.807, 2.05) is 48.6 Å². The van der Waals surface area contributed by atoms with E-state index in [2.05, 4.69) is 230 Å². The van der Waals surface area contributed by atoms with Gasteiger partial charge < -0.3 is 4.57 Å². The van der Waals surface area contributed by atoms with Crippen molar-refractivity contribution in [2.24, 2.45) is 0 Å². The molecule has 0 amide bonds. The third kappa shape index (κ3) is 8.68. The average molecular weight is 933 g/mol. The number of rotatable bonds is 12. The highest BCUT2D eigenvalue weighted by Gasteiger charge is 2.24. The van der Waals surface area contributed by atoms with Gasteiger partial charge in [-0.2, -0.15) is 0 Å². The molecule has 2 heterocycles. The van der Waals surface area contributed by atoms with Crippen molar-refractivity contribution in [1.29, 1.82) is 0 Å². The summed E-state index contributed by atoms with van der Waals surface area (Å²) >= 11 is 0. The van der Waals surface area contributed by atoms with Crippen LogP contribution in [0.1, 0.15) is 5.56 Å². The molecule has 0 spiro atoms. The first kappa shape index (κ1) is 44.4. The predicted octanol–water partition coefficient (Wildman–Crippen LogP) is 18.1. The molecule has 344 valence electrons. The van der Waals surface area contributed by atoms with Crippen LogP contribution in [-0.4, -0.2) is 19.5 Å². The minimum absolute atomic E-state index is 0.571. The van der Waals surface area contributed by atoms with Gasteiger partial charge in [0, 0.05) is 38.6 Å². The van der Waals surface area contributed by atoms with Crippen molar-refractivity contribution >= 4 is 27.4 Å². The summed E-state index contributed by atoms with van der Waals surface area (Å²) in [6.07, 6.45) is 5.68. The van der Waals surface area contributed by atoms with E-state index in [0.717, 1.165) is 111 Å². The largest absolute Gasteiger partial charge is 0.308 e. The topological polar surface area (TPSA) is 43.6 Å². The Morgan fingerprint density at radius 1 is 0.329 bits per heavy atom. The highest BCUT2D eigenvalue weighted by molar-refractivity contribution is 6.12. The molecule has 0 aliphatic rings. The molecular formula is C69H48N4. The number of aromatic nitrogens is 4. The molecule has 0 radical (unpaired) electrons. The Morgan fingerprint density at radius 3 is 1.08 bits per heavy atom. The third-order valence-electron chi connectivity index (χ3n) is 13.6. The molecule has 0 unspecified atom stereocenters. The number of benzene rings is 10. The van der Waals surface area contributed by atoms with Crippen LogP contribution in [0.5, 0.6) is 0 Å². The van der Waals surface area contributed by atoms with Gasteiger partial charge in [-0.25, -0.2) is 15.0 Å². The molecule has 0 fully saturated rings. The van der Waals surface area contributed by atoms with Crippen LogP contribution in [0, 0.1) is 0 Å². The van der Waals surface area contributed by atoms with Gasteiger partial charge in [-0.15, -0.1) is 0 Å². The summed E-state index contributed by atoms with van der Waals surface area (Å²) in [5, 5.41) is 2.32. The van der Waals surface area contributed by atoms with Crippen molar-refractivity contribution in [3.63, 3.8) is 0 Å². The molecular weight excluding hydrogens is 885 g/mol. The van der Waals surface area contributed by atoms with E-state index in [9.17, 15) is 0 Å². The molecule has 0 atom stereocenters. The van der Waals surface area contributed by atoms with Crippen LogP contribution in [0.4, 0.5) is 0 Å². The Bertz CT molecular complexity index is 3840. The number of hydrogen-bond acceptors (Lipinski definition) is 3. The summed E-state index contributed by atoms with van der Waals surface area (Å²) < 4.78 is 2.50. The van der Waals surface area contributed by atoms with Crippen LogP contribution < -0.4 is 0 Å². The SMILES string of the molecule is C=C/C=C(\C=C)c1ccc(-c2cc(-c3nc(-c4ccccc4)nc(-c4ccccc4)n3)cc(-c3ccc(-c4ccccc4)cc3)c2-n2c3cc(-c4ccccc4)ccc3c3ccc(-c4ccccc4)cc32)cc1. The van der Waals surface area contributed by atoms with Crippen molar-refractivity contribution in [3.8, 4) is 95.5 Å². The first-order valence-electron chi connectivity index (χ1n) is 24.6. The van der Waals surface area contributed by atoms with E-state index in [4.69, 9.17) is 15.0 Å². The van der Waals surface area contributed by atoms with E-state index in [-0.39, 0.29) is 0 Å². The molecule has 0 bridgehead atoms. The molecule has 0 aliphatic heterocycles. The third-order valence-corrected chi connectivity index (χ3v) is 13.6. The number of fused-ring (bicyclic) bond motifs is 3. The lowest BCUT2D eigenvalue weighted by Gasteiger charge is -2.22. The second kappa shape index (κ2) is 19.6. The van der Waals surface area contributed by atoms with E-state index < -0.39 is 0 Å². The summed E-state index contributed by atoms with van der Waals surface area (Å²) in [5.41, 5.74) is 18.9. The Hall–Kier alpha value is -9.77. The van der Waals surface area contributed by atoms with Gasteiger partial charge in [-0.1, -0.05) is 256 Å². The zero-order valence-electron chi connectivity index (χ0n) is 40.1. The zero-order chi connectivity index (χ0) is 49.1. The van der Waals surface area contributed by atoms with Gasteiger partial charge in [-0.05, 0) is 79.9 Å². The number of hydrogen-bond donors (Lipinski definition) is 0. The lowest BCUT2D eigenvalue weighted by molar-refractivity contribution is 1.07. The molecule has 0 aliphatic carbocycles. The minimum atomic E-state index is 0.571. The Morgan fingerprint density at radius 2 is 0.671 bits per heavy atom. The van der Waals surface area contributed by atoms with Gasteiger partial charge in [0.1, 0.15) is 0 Å². The number of allylic oxidation sites excluding steroid dienone is 4. The Balaban J connectivity index is 1.22. The van der Waals surface area contributed by atoms with Gasteiger partial charge >= 0.3 is 0 Å². The Kier molecular flexibility index (Phi) is 11.9. The lowest BCUT2D eigenvalue weighted by Crippen LogP contribution is -2.04. The fraction of sp³-hybridized carbons (Fsp3) is 0. The lowest BCUT2D eigenvalue weighted by atomic mass is 9.91. The van der Waals surface area contributed by atoms with E-state index in [1.54, 1.807) is 6.08 Å². The molecule has 0 saturated carbocycles. The smallest absolute Gasteiger partial charge is 0.164 e. The molecule has 4 heteroatoms. The fourth-order valence-corrected chi connectivity index (χ4v) is 9.99. The summed E-state index contributed by atoms with van der Waals surface area (Å²) in [4.78, 5) is 15.7. The van der Waals surface area contributed by atoms with Crippen LogP contribution in [-0.2, 0) is 0 Å². The monoisotopic (exact) mass is 932 g/mol. The molecule has 10 aromatic carbocycles. The van der Waals surface area contributed by atoms with Crippen LogP contribution in [0.3, 0.4) is 0 Å². The van der Waals surface area contributed by atoms with E-state index >= 15 is 0 Å². The first-order chi connectivity index (χ1) is 36.1. The van der Waals surface area contributed by atoms with E-state index in [0.29, 0.717) is 17.5 Å². The van der Waals surface area contributed by atoms with Gasteiger partial charge in [-0.3, -0.25) is 0 Å². The van der Waals surface area contributed by atoms with Crippen LogP contribution in [0.2, 0.25) is 0 Å². The van der Waals surface area contributed by atoms with Crippen molar-refractivity contribution in [2.75, 3.05) is 0 Å². The average Bonchev–Trinajstić information content (AvgIpc) is 3.80. The standard InChI is InChI=1S/C69H48N4/c1-3-20-47(4-2)51-31-35-53(36-32-51)62-43-59(69-71-67(55-27-16-8-17-28-55)70-68(72-69)56-29-18-9-19-30-56)44-63(54-37-33-52(34-38-54)48-21-10-5-11-22-48)66(62)73-64-45-57(49-23-12-6-13-24-49)39-41-60(64)61-42-40-58(46-65(61)73)50-25-14-7-15-26-50/h3-46H,1-2H2/b47-20+. The molecule has 12 rings (SSSR count). The molecule has 0 N–H and O–H groups in total. The van der Waals surface area contributed by atoms with Crippen molar-refractivity contribution in [2.45, 2.75) is 0 Å². The van der Waals surface area contributed by atoms with Crippen molar-refractivity contribution in [3.05, 3.63) is 286 Å². The summed E-state index contributed by atoms with van der Waals surface area (Å²) in [7, 11) is 0. The van der Waals surface area contributed by atoms with Crippen LogP contribution in [0.15, 0.2) is 280 Å². The predicted molar refractivity (Wildman–Crippen MR) is 306 cm³/mol. The summed E-state index contributed by atoms with van der Waals surface area (Å²) in [6, 6.07) is 88.3. The van der Waals surface area contributed by atoms with Crippen molar-refractivity contribution in [1.82, 2.24) is 19.5 Å². The quantitative estimate of drug-likeness (QED) is 0.115. The van der Waals surface area contributed by atoms with E-state index in [1.165, 1.54) is 0 Å². The second-order valence-corrected chi connectivity index (χ2v) is 18.1. The fourth-order valence-electron chi connectivity index (χ4n) is 9.99. The summed E-state index contributed by atoms with van der Waals surface area (Å²) in [5.74, 6) is 1.77. The molecule has 12 aromatic rings. The molecule has 73 heavy (non-hydrogen) atoms. The first-order valence-corrected chi connectivity index (χ1v) is 24.6. The highest BCUT2D eigenvalue weighted by atomic mass is 15.0. The summed E-state index contributed by atoms with van der Waals surface area (Å²) in [6.45, 7) is 8.12. The zero-order valence-corrected chi connectivity index (χ0v) is 40.1. The molecule has 4 nitrogen and oxygen atoms in total. The van der Waals surface area contributed by atoms with Crippen LogP contribution >= 0.6 is 0 Å². The maximum absolute atomic E-state index is 5.32. The van der Waals surface area contributed by atoms with Gasteiger partial charge in [0.05, 0.1) is 16.7 Å². The van der Waals surface area contributed by atoms with Gasteiger partial charge in [0.2, 0.25) is 0 Å². The normalized spacial score (nSPS) is 11.5.